The first-order valence-electron chi connectivity index (χ1n) is 11.6. The molecule has 1 amide bonds. The van der Waals surface area contributed by atoms with Crippen LogP contribution in [0.25, 0.3) is 0 Å². The smallest absolute Gasteiger partial charge is 0.410 e. The molecule has 8 heteroatoms. The first-order valence-corrected chi connectivity index (χ1v) is 11.6. The van der Waals surface area contributed by atoms with Gasteiger partial charge in [-0.3, -0.25) is 10.1 Å². The number of fused-ring (bicyclic) bond motifs is 2. The number of rotatable bonds is 8. The summed E-state index contributed by atoms with van der Waals surface area (Å²) in [6.45, 7) is 0.121. The number of hydrogen-bond acceptors (Lipinski definition) is 6. The molecule has 34 heavy (non-hydrogen) atoms. The van der Waals surface area contributed by atoms with Crippen LogP contribution in [-0.4, -0.2) is 53.9 Å². The van der Waals surface area contributed by atoms with Gasteiger partial charge in [-0.2, -0.15) is 0 Å². The van der Waals surface area contributed by atoms with Crippen LogP contribution in [0.4, 0.5) is 4.79 Å². The third-order valence-corrected chi connectivity index (χ3v) is 6.88. The Morgan fingerprint density at radius 2 is 1.62 bits per heavy atom. The van der Waals surface area contributed by atoms with Gasteiger partial charge < -0.3 is 19.5 Å². The van der Waals surface area contributed by atoms with E-state index in [-0.39, 0.29) is 61.7 Å². The normalized spacial score (nSPS) is 22.9. The highest BCUT2D eigenvalue weighted by atomic mass is 35.5. The van der Waals surface area contributed by atoms with Crippen molar-refractivity contribution in [2.75, 3.05) is 13.7 Å². The fourth-order valence-electron chi connectivity index (χ4n) is 5.26. The Labute approximate surface area is 206 Å². The Bertz CT molecular complexity index is 915. The van der Waals surface area contributed by atoms with E-state index in [0.717, 1.165) is 24.0 Å². The van der Waals surface area contributed by atoms with Crippen molar-refractivity contribution in [1.29, 1.82) is 0 Å². The van der Waals surface area contributed by atoms with Gasteiger partial charge in [0.2, 0.25) is 0 Å². The van der Waals surface area contributed by atoms with E-state index in [9.17, 15) is 14.7 Å². The molecule has 2 saturated heterocycles. The van der Waals surface area contributed by atoms with Gasteiger partial charge in [-0.15, -0.1) is 12.4 Å². The summed E-state index contributed by atoms with van der Waals surface area (Å²) in [4.78, 5) is 27.5. The number of hydrogen-bond donors (Lipinski definition) is 2. The van der Waals surface area contributed by atoms with E-state index in [4.69, 9.17) is 9.47 Å². The summed E-state index contributed by atoms with van der Waals surface area (Å²) in [7, 11) is 1.39. The first kappa shape index (κ1) is 26.0. The van der Waals surface area contributed by atoms with Crippen molar-refractivity contribution in [3.63, 3.8) is 0 Å². The van der Waals surface area contributed by atoms with Crippen LogP contribution >= 0.6 is 12.4 Å². The summed E-state index contributed by atoms with van der Waals surface area (Å²) in [6.07, 6.45) is 2.90. The predicted octanol–water partition coefficient (Wildman–Crippen LogP) is 3.85. The molecule has 2 aliphatic heterocycles. The molecule has 2 aliphatic rings. The summed E-state index contributed by atoms with van der Waals surface area (Å²) in [6, 6.07) is 18.4. The number of methoxy groups -OCH3 is 1. The van der Waals surface area contributed by atoms with Crippen LogP contribution in [0.2, 0.25) is 0 Å². The number of carbonyl (C=O) groups excluding carboxylic acids is 2. The minimum atomic E-state index is -0.557. The third-order valence-electron chi connectivity index (χ3n) is 6.88. The molecule has 184 valence electrons. The minimum Gasteiger partial charge on any atom is -0.468 e. The highest BCUT2D eigenvalue weighted by Crippen LogP contribution is 2.41. The molecular weight excluding hydrogens is 456 g/mol. The molecule has 2 unspecified atom stereocenters. The lowest BCUT2D eigenvalue weighted by Gasteiger charge is -2.41. The third kappa shape index (κ3) is 5.90. The van der Waals surface area contributed by atoms with Gasteiger partial charge in [0.05, 0.1) is 19.8 Å². The number of ether oxygens (including phenoxy) is 2. The minimum absolute atomic E-state index is 0. The molecule has 2 aromatic carbocycles. The molecule has 0 radical (unpaired) electrons. The van der Waals surface area contributed by atoms with Gasteiger partial charge in [0, 0.05) is 12.1 Å². The van der Waals surface area contributed by atoms with Gasteiger partial charge >= 0.3 is 12.1 Å². The second-order valence-electron chi connectivity index (χ2n) is 8.88. The fraction of sp³-hybridized carbons (Fsp3) is 0.462. The first-order chi connectivity index (χ1) is 16.1. The van der Waals surface area contributed by atoms with Gasteiger partial charge in [-0.05, 0) is 42.7 Å². The second-order valence-corrected chi connectivity index (χ2v) is 8.88. The molecule has 2 aromatic rings. The molecule has 4 rings (SSSR count). The van der Waals surface area contributed by atoms with Crippen LogP contribution in [0, 0.1) is 5.92 Å². The van der Waals surface area contributed by atoms with Crippen LogP contribution in [-0.2, 0) is 20.9 Å². The van der Waals surface area contributed by atoms with Gasteiger partial charge in [0.1, 0.15) is 12.6 Å². The second kappa shape index (κ2) is 12.2. The summed E-state index contributed by atoms with van der Waals surface area (Å²) >= 11 is 0. The lowest BCUT2D eigenvalue weighted by atomic mass is 9.84. The maximum atomic E-state index is 12.9. The lowest BCUT2D eigenvalue weighted by Crippen LogP contribution is -2.54. The highest BCUT2D eigenvalue weighted by Gasteiger charge is 2.47. The molecule has 0 aliphatic carbocycles. The van der Waals surface area contributed by atoms with Gasteiger partial charge in [-0.1, -0.05) is 60.7 Å². The summed E-state index contributed by atoms with van der Waals surface area (Å²) in [5.74, 6) is -0.334. The zero-order valence-corrected chi connectivity index (χ0v) is 20.2. The van der Waals surface area contributed by atoms with Crippen molar-refractivity contribution >= 4 is 24.5 Å². The van der Waals surface area contributed by atoms with E-state index in [1.165, 1.54) is 7.11 Å². The average molecular weight is 489 g/mol. The number of aliphatic hydroxyl groups is 1. The molecule has 2 fully saturated rings. The van der Waals surface area contributed by atoms with Crippen molar-refractivity contribution in [3.8, 4) is 0 Å². The van der Waals surface area contributed by atoms with Crippen LogP contribution < -0.4 is 5.32 Å². The fourth-order valence-corrected chi connectivity index (χ4v) is 5.26. The van der Waals surface area contributed by atoms with Crippen molar-refractivity contribution in [3.05, 3.63) is 71.8 Å². The Balaban J connectivity index is 0.00000324. The molecule has 2 heterocycles. The van der Waals surface area contributed by atoms with E-state index in [1.807, 2.05) is 65.6 Å². The van der Waals surface area contributed by atoms with Crippen LogP contribution in [0.15, 0.2) is 60.7 Å². The van der Waals surface area contributed by atoms with E-state index in [2.05, 4.69) is 5.32 Å². The zero-order valence-electron chi connectivity index (χ0n) is 19.3. The largest absolute Gasteiger partial charge is 0.468 e. The molecule has 7 nitrogen and oxygen atoms in total. The number of esters is 1. The Morgan fingerprint density at radius 1 is 1.03 bits per heavy atom. The maximum absolute atomic E-state index is 12.9. The lowest BCUT2D eigenvalue weighted by molar-refractivity contribution is -0.145. The molecule has 0 saturated carbocycles. The number of piperidine rings is 1. The van der Waals surface area contributed by atoms with Crippen molar-refractivity contribution < 1.29 is 24.2 Å². The van der Waals surface area contributed by atoms with Crippen LogP contribution in [0.5, 0.6) is 0 Å². The van der Waals surface area contributed by atoms with E-state index >= 15 is 0 Å². The van der Waals surface area contributed by atoms with Gasteiger partial charge in [0.15, 0.2) is 0 Å². The number of benzene rings is 2. The number of nitrogens with one attached hydrogen (secondary N) is 1. The summed E-state index contributed by atoms with van der Waals surface area (Å²) in [5, 5.41) is 13.3. The topological polar surface area (TPSA) is 88.1 Å². The molecular formula is C26H33ClN2O5. The van der Waals surface area contributed by atoms with Crippen molar-refractivity contribution in [1.82, 2.24) is 10.2 Å². The number of halogens is 1. The Kier molecular flexibility index (Phi) is 9.33. The standard InChI is InChI=1S/C26H32N2O5.ClH/c1-32-25(30)24(27-23(16-29)19-10-6-3-7-11-19)20-14-21-12-13-22(15-20)28(21)26(31)33-17-18-8-4-2-5-9-18;/h2-11,20-24,27,29H,12-17H2,1H3;1H/t20?,21?,22?,23-,24-;/m0./s1. The highest BCUT2D eigenvalue weighted by molar-refractivity contribution is 5.85. The maximum Gasteiger partial charge on any atom is 0.410 e. The van der Waals surface area contributed by atoms with E-state index in [1.54, 1.807) is 0 Å². The van der Waals surface area contributed by atoms with E-state index in [0.29, 0.717) is 12.8 Å². The predicted molar refractivity (Wildman–Crippen MR) is 130 cm³/mol. The van der Waals surface area contributed by atoms with Crippen molar-refractivity contribution in [2.45, 2.75) is 56.5 Å². The Morgan fingerprint density at radius 3 is 2.18 bits per heavy atom. The SMILES string of the molecule is COC(=O)[C@@H](N[C@@H](CO)c1ccccc1)C1CC2CCC(C1)N2C(=O)OCc1ccccc1.Cl. The zero-order chi connectivity index (χ0) is 23.2. The molecule has 0 spiro atoms. The monoisotopic (exact) mass is 488 g/mol. The number of nitrogens with zero attached hydrogens (tertiary/aromatic N) is 1. The van der Waals surface area contributed by atoms with Crippen molar-refractivity contribution in [2.24, 2.45) is 5.92 Å². The molecule has 4 atom stereocenters. The van der Waals surface area contributed by atoms with E-state index < -0.39 is 6.04 Å². The number of carbonyl (C=O) groups is 2. The summed E-state index contributed by atoms with van der Waals surface area (Å²) in [5.41, 5.74) is 1.87. The van der Waals surface area contributed by atoms with Crippen LogP contribution in [0.1, 0.15) is 42.9 Å². The molecule has 0 aromatic heterocycles. The average Bonchev–Trinajstić information content (AvgIpc) is 3.13. The molecule has 2 bridgehead atoms. The van der Waals surface area contributed by atoms with Crippen LogP contribution in [0.3, 0.4) is 0 Å². The molecule has 2 N–H and O–H groups in total. The van der Waals surface area contributed by atoms with Gasteiger partial charge in [0.25, 0.3) is 0 Å². The van der Waals surface area contributed by atoms with Gasteiger partial charge in [-0.25, -0.2) is 4.79 Å². The number of aliphatic hydroxyl groups excluding tert-OH is 1. The number of amides is 1. The summed E-state index contributed by atoms with van der Waals surface area (Å²) < 4.78 is 10.7. The Hall–Kier alpha value is -2.61. The quantitative estimate of drug-likeness (QED) is 0.549.